The fourth-order valence-electron chi connectivity index (χ4n) is 4.52. The zero-order chi connectivity index (χ0) is 31.2. The van der Waals surface area contributed by atoms with Crippen LogP contribution in [0.5, 0.6) is 0 Å². The fourth-order valence-corrected chi connectivity index (χ4v) is 4.52. The molecule has 0 radical (unpaired) electrons. The molecule has 12 nitrogen and oxygen atoms in total. The summed E-state index contributed by atoms with van der Waals surface area (Å²) in [6.07, 6.45) is -0.612. The molecule has 12 heteroatoms. The molecule has 1 fully saturated rings. The normalized spacial score (nSPS) is 16.6. The smallest absolute Gasteiger partial charge is 0.426 e. The lowest BCUT2D eigenvalue weighted by Crippen LogP contribution is -2.62. The second-order valence-electron chi connectivity index (χ2n) is 11.0. The van der Waals surface area contributed by atoms with E-state index < -0.39 is 41.6 Å². The highest BCUT2D eigenvalue weighted by Gasteiger charge is 2.46. The molecule has 43 heavy (non-hydrogen) atoms. The lowest BCUT2D eigenvalue weighted by Gasteiger charge is -2.40. The van der Waals surface area contributed by atoms with E-state index >= 15 is 0 Å². The monoisotopic (exact) mass is 599 g/mol. The molecule has 0 aromatic heterocycles. The summed E-state index contributed by atoms with van der Waals surface area (Å²) in [5, 5.41) is 1.04. The Labute approximate surface area is 252 Å². The Morgan fingerprint density at radius 1 is 0.930 bits per heavy atom. The molecule has 2 atom stereocenters. The standard InChI is InChI=1S/C31H41N3O9/c1-31(2,3)43-29(37)32-34(19-12-20-41-42-22-24-15-9-6-10-16-24)27(35)26-25(28(36)39-4)17-11-18-33(26)30(38)40-21-23-13-7-5-8-14-23/h5-10,13-16,25-26H,11-12,17-22H2,1-4H3,(H,32,37)/t25-,26+/m1/s1. The van der Waals surface area contributed by atoms with Crippen LogP contribution in [0.15, 0.2) is 60.7 Å². The highest BCUT2D eigenvalue weighted by atomic mass is 17.2. The van der Waals surface area contributed by atoms with Crippen molar-refractivity contribution in [3.63, 3.8) is 0 Å². The van der Waals surface area contributed by atoms with Gasteiger partial charge in [0, 0.05) is 13.1 Å². The number of hydrogen-bond acceptors (Lipinski definition) is 9. The van der Waals surface area contributed by atoms with Gasteiger partial charge in [-0.05, 0) is 51.2 Å². The Morgan fingerprint density at radius 3 is 2.16 bits per heavy atom. The molecule has 1 aliphatic rings. The van der Waals surface area contributed by atoms with E-state index in [1.54, 1.807) is 20.8 Å². The zero-order valence-corrected chi connectivity index (χ0v) is 25.2. The minimum Gasteiger partial charge on any atom is -0.469 e. The molecule has 1 saturated heterocycles. The number of hydrogen-bond donors (Lipinski definition) is 1. The first-order chi connectivity index (χ1) is 20.6. The zero-order valence-electron chi connectivity index (χ0n) is 25.2. The van der Waals surface area contributed by atoms with Gasteiger partial charge in [0.25, 0.3) is 5.91 Å². The number of likely N-dealkylation sites (tertiary alicyclic amines) is 1. The number of carbonyl (C=O) groups excluding carboxylic acids is 4. The summed E-state index contributed by atoms with van der Waals surface area (Å²) in [6.45, 7) is 5.54. The van der Waals surface area contributed by atoms with E-state index in [1.165, 1.54) is 12.0 Å². The number of benzene rings is 2. The largest absolute Gasteiger partial charge is 0.469 e. The third-order valence-electron chi connectivity index (χ3n) is 6.48. The highest BCUT2D eigenvalue weighted by molar-refractivity contribution is 5.92. The maximum Gasteiger partial charge on any atom is 0.426 e. The second-order valence-corrected chi connectivity index (χ2v) is 11.0. The van der Waals surface area contributed by atoms with Crippen molar-refractivity contribution in [1.82, 2.24) is 15.3 Å². The molecule has 3 rings (SSSR count). The van der Waals surface area contributed by atoms with Gasteiger partial charge in [-0.25, -0.2) is 29.8 Å². The third kappa shape index (κ3) is 10.9. The number of ether oxygens (including phenoxy) is 3. The molecular formula is C31H41N3O9. The number of nitrogens with one attached hydrogen (secondary N) is 1. The van der Waals surface area contributed by atoms with Gasteiger partial charge in [-0.1, -0.05) is 60.7 Å². The molecule has 0 aliphatic carbocycles. The van der Waals surface area contributed by atoms with Gasteiger partial charge in [0.1, 0.15) is 24.9 Å². The summed E-state index contributed by atoms with van der Waals surface area (Å²) >= 11 is 0. The summed E-state index contributed by atoms with van der Waals surface area (Å²) in [5.41, 5.74) is 3.34. The summed E-state index contributed by atoms with van der Waals surface area (Å²) in [7, 11) is 1.22. The van der Waals surface area contributed by atoms with E-state index in [9.17, 15) is 19.2 Å². The average molecular weight is 600 g/mol. The third-order valence-corrected chi connectivity index (χ3v) is 6.48. The number of piperidine rings is 1. The van der Waals surface area contributed by atoms with Crippen molar-refractivity contribution >= 4 is 24.1 Å². The van der Waals surface area contributed by atoms with Gasteiger partial charge >= 0.3 is 18.2 Å². The van der Waals surface area contributed by atoms with Gasteiger partial charge in [-0.2, -0.15) is 0 Å². The van der Waals surface area contributed by atoms with Crippen molar-refractivity contribution < 1.29 is 43.2 Å². The quantitative estimate of drug-likeness (QED) is 0.131. The number of rotatable bonds is 11. The van der Waals surface area contributed by atoms with Crippen LogP contribution in [0.3, 0.4) is 0 Å². The Balaban J connectivity index is 1.73. The molecule has 0 spiro atoms. The maximum absolute atomic E-state index is 14.1. The molecule has 1 heterocycles. The predicted octanol–water partition coefficient (Wildman–Crippen LogP) is 4.38. The van der Waals surface area contributed by atoms with E-state index in [2.05, 4.69) is 5.43 Å². The molecule has 3 amide bonds. The van der Waals surface area contributed by atoms with Gasteiger partial charge in [-0.3, -0.25) is 14.5 Å². The van der Waals surface area contributed by atoms with Crippen molar-refractivity contribution in [2.24, 2.45) is 5.92 Å². The first kappa shape index (κ1) is 33.3. The lowest BCUT2D eigenvalue weighted by molar-refractivity contribution is -0.304. The Kier molecular flexibility index (Phi) is 12.8. The number of carbonyl (C=O) groups is 4. The molecule has 2 aromatic carbocycles. The van der Waals surface area contributed by atoms with Gasteiger partial charge in [0.05, 0.1) is 19.6 Å². The lowest BCUT2D eigenvalue weighted by atomic mass is 9.88. The van der Waals surface area contributed by atoms with E-state index in [0.29, 0.717) is 12.8 Å². The summed E-state index contributed by atoms with van der Waals surface area (Å²) in [6, 6.07) is 17.3. The molecule has 0 bridgehead atoms. The van der Waals surface area contributed by atoms with Crippen LogP contribution in [-0.2, 0) is 46.8 Å². The van der Waals surface area contributed by atoms with Crippen LogP contribution in [0.25, 0.3) is 0 Å². The fraction of sp³-hybridized carbons (Fsp3) is 0.484. The maximum atomic E-state index is 14.1. The molecule has 0 saturated carbocycles. The van der Waals surface area contributed by atoms with E-state index in [0.717, 1.165) is 16.1 Å². The van der Waals surface area contributed by atoms with Crippen LogP contribution in [0.1, 0.15) is 51.2 Å². The molecule has 1 aliphatic heterocycles. The second kappa shape index (κ2) is 16.5. The van der Waals surface area contributed by atoms with Crippen LogP contribution in [0, 0.1) is 5.92 Å². The molecular weight excluding hydrogens is 558 g/mol. The van der Waals surface area contributed by atoms with Gasteiger partial charge in [0.15, 0.2) is 0 Å². The summed E-state index contributed by atoms with van der Waals surface area (Å²) in [5.74, 6) is -2.31. The Hall–Kier alpha value is -4.16. The van der Waals surface area contributed by atoms with Crippen molar-refractivity contribution in [2.75, 3.05) is 26.8 Å². The first-order valence-electron chi connectivity index (χ1n) is 14.2. The number of methoxy groups -OCH3 is 1. The molecule has 1 N–H and O–H groups in total. The number of esters is 1. The van der Waals surface area contributed by atoms with E-state index in [1.807, 2.05) is 60.7 Å². The average Bonchev–Trinajstić information content (AvgIpc) is 2.99. The van der Waals surface area contributed by atoms with Crippen LogP contribution in [0.2, 0.25) is 0 Å². The van der Waals surface area contributed by atoms with Crippen molar-refractivity contribution in [3.05, 3.63) is 71.8 Å². The molecule has 0 unspecified atom stereocenters. The Morgan fingerprint density at radius 2 is 1.56 bits per heavy atom. The van der Waals surface area contributed by atoms with Crippen molar-refractivity contribution in [1.29, 1.82) is 0 Å². The highest BCUT2D eigenvalue weighted by Crippen LogP contribution is 2.27. The van der Waals surface area contributed by atoms with E-state index in [-0.39, 0.29) is 39.3 Å². The van der Waals surface area contributed by atoms with Crippen LogP contribution in [-0.4, -0.2) is 72.4 Å². The topological polar surface area (TPSA) is 133 Å². The summed E-state index contributed by atoms with van der Waals surface area (Å²) in [4.78, 5) is 64.6. The first-order valence-corrected chi connectivity index (χ1v) is 14.2. The van der Waals surface area contributed by atoms with Crippen LogP contribution < -0.4 is 5.43 Å². The molecule has 234 valence electrons. The number of nitrogens with zero attached hydrogens (tertiary/aromatic N) is 2. The van der Waals surface area contributed by atoms with Gasteiger partial charge in [-0.15, -0.1) is 0 Å². The number of hydrazine groups is 1. The van der Waals surface area contributed by atoms with Gasteiger partial charge in [0.2, 0.25) is 0 Å². The van der Waals surface area contributed by atoms with E-state index in [4.69, 9.17) is 24.0 Å². The molecule has 2 aromatic rings. The summed E-state index contributed by atoms with van der Waals surface area (Å²) < 4.78 is 15.9. The number of amides is 3. The van der Waals surface area contributed by atoms with Crippen molar-refractivity contribution in [2.45, 2.75) is 64.9 Å². The van der Waals surface area contributed by atoms with Crippen LogP contribution in [0.4, 0.5) is 9.59 Å². The minimum atomic E-state index is -1.28. The van der Waals surface area contributed by atoms with Crippen molar-refractivity contribution in [3.8, 4) is 0 Å². The van der Waals surface area contributed by atoms with Crippen LogP contribution >= 0.6 is 0 Å². The predicted molar refractivity (Wildman–Crippen MR) is 155 cm³/mol. The minimum absolute atomic E-state index is 0.0137. The SMILES string of the molecule is COC(=O)[C@@H]1CCCN(C(=O)OCc2ccccc2)[C@@H]1C(=O)N(CCCOOCc1ccccc1)NC(=O)OC(C)(C)C. The Bertz CT molecular complexity index is 1190. The van der Waals surface area contributed by atoms with Gasteiger partial charge < -0.3 is 14.2 Å².